The largest absolute Gasteiger partial charge is 0.387 e. The molecule has 2 fully saturated rings. The third-order valence-corrected chi connectivity index (χ3v) is 6.06. The fourth-order valence-electron chi connectivity index (χ4n) is 3.45. The molecule has 2 aliphatic rings. The molecule has 2 heterocycles. The van der Waals surface area contributed by atoms with Crippen LogP contribution in [0.3, 0.4) is 0 Å². The van der Waals surface area contributed by atoms with E-state index in [1.54, 1.807) is 0 Å². The molecule has 0 aliphatic carbocycles. The van der Waals surface area contributed by atoms with Crippen LogP contribution in [0.5, 0.6) is 0 Å². The van der Waals surface area contributed by atoms with E-state index in [0.29, 0.717) is 12.5 Å². The molecular weight excluding hydrogens is 433 g/mol. The highest BCUT2D eigenvalue weighted by atomic mass is 127. The Hall–Kier alpha value is -0.470. The molecule has 0 aromatic heterocycles. The molecule has 1 aromatic rings. The lowest BCUT2D eigenvalue weighted by Crippen LogP contribution is -2.48. The van der Waals surface area contributed by atoms with Gasteiger partial charge < -0.3 is 15.3 Å². The number of aliphatic imine (C=N–C) groups is 1. The Kier molecular flexibility index (Phi) is 7.68. The number of nitrogens with zero attached hydrogens (tertiary/aromatic N) is 2. The van der Waals surface area contributed by atoms with E-state index in [9.17, 15) is 5.11 Å². The average molecular weight is 461 g/mol. The molecule has 1 aromatic carbocycles. The van der Waals surface area contributed by atoms with Crippen LogP contribution in [0, 0.1) is 5.92 Å². The monoisotopic (exact) mass is 461 g/mol. The number of halogens is 1. The fraction of sp³-hybridized carbons (Fsp3) is 0.611. The quantitative estimate of drug-likeness (QED) is 0.411. The van der Waals surface area contributed by atoms with Crippen LogP contribution in [-0.4, -0.2) is 59.8 Å². The number of nitrogens with one attached hydrogen (secondary N) is 1. The number of benzene rings is 1. The molecule has 0 bridgehead atoms. The van der Waals surface area contributed by atoms with Crippen molar-refractivity contribution in [3.05, 3.63) is 35.9 Å². The van der Waals surface area contributed by atoms with Crippen LogP contribution in [0.1, 0.15) is 18.4 Å². The maximum atomic E-state index is 10.5. The summed E-state index contributed by atoms with van der Waals surface area (Å²) >= 11 is 1.83. The van der Waals surface area contributed by atoms with E-state index in [-0.39, 0.29) is 24.0 Å². The highest BCUT2D eigenvalue weighted by Gasteiger charge is 2.33. The van der Waals surface area contributed by atoms with Crippen molar-refractivity contribution < 1.29 is 5.11 Å². The molecule has 2 unspecified atom stereocenters. The van der Waals surface area contributed by atoms with E-state index >= 15 is 0 Å². The maximum absolute atomic E-state index is 10.5. The van der Waals surface area contributed by atoms with Crippen molar-refractivity contribution in [1.82, 2.24) is 10.2 Å². The zero-order chi connectivity index (χ0) is 16.1. The minimum absolute atomic E-state index is 0. The Labute approximate surface area is 166 Å². The van der Waals surface area contributed by atoms with Gasteiger partial charge in [0.1, 0.15) is 0 Å². The summed E-state index contributed by atoms with van der Waals surface area (Å²) in [5.74, 6) is 3.50. The van der Waals surface area contributed by atoms with Gasteiger partial charge in [0.2, 0.25) is 0 Å². The van der Waals surface area contributed by atoms with Gasteiger partial charge in [0, 0.05) is 32.4 Å². The number of likely N-dealkylation sites (tertiary alicyclic amines) is 1. The van der Waals surface area contributed by atoms with E-state index in [1.165, 1.54) is 12.0 Å². The Morgan fingerprint density at radius 1 is 1.42 bits per heavy atom. The second-order valence-corrected chi connectivity index (χ2v) is 7.82. The van der Waals surface area contributed by atoms with Gasteiger partial charge in [-0.2, -0.15) is 11.8 Å². The summed E-state index contributed by atoms with van der Waals surface area (Å²) in [5, 5.41) is 13.9. The van der Waals surface area contributed by atoms with Crippen LogP contribution >= 0.6 is 35.7 Å². The second-order valence-electron chi connectivity index (χ2n) is 6.72. The van der Waals surface area contributed by atoms with Crippen LogP contribution in [-0.2, 0) is 6.42 Å². The summed E-state index contributed by atoms with van der Waals surface area (Å²) in [6.45, 7) is 2.69. The molecule has 2 N–H and O–H groups in total. The molecule has 3 rings (SSSR count). The number of hydrogen-bond donors (Lipinski definition) is 2. The van der Waals surface area contributed by atoms with Crippen molar-refractivity contribution in [2.75, 3.05) is 38.2 Å². The maximum Gasteiger partial charge on any atom is 0.193 e. The van der Waals surface area contributed by atoms with Gasteiger partial charge in [0.25, 0.3) is 0 Å². The first-order chi connectivity index (χ1) is 11.2. The Morgan fingerprint density at radius 3 is 2.88 bits per heavy atom. The number of thioether (sulfide) groups is 1. The molecule has 2 aliphatic heterocycles. The minimum atomic E-state index is -0.566. The summed E-state index contributed by atoms with van der Waals surface area (Å²) in [6, 6.07) is 10.7. The van der Waals surface area contributed by atoms with Crippen LogP contribution in [0.25, 0.3) is 0 Å². The van der Waals surface area contributed by atoms with E-state index in [2.05, 4.69) is 45.5 Å². The van der Waals surface area contributed by atoms with Crippen molar-refractivity contribution in [3.8, 4) is 0 Å². The average Bonchev–Trinajstić information content (AvgIpc) is 3.19. The van der Waals surface area contributed by atoms with Crippen molar-refractivity contribution in [2.45, 2.75) is 24.9 Å². The summed E-state index contributed by atoms with van der Waals surface area (Å²) in [5.41, 5.74) is 0.851. The zero-order valence-electron chi connectivity index (χ0n) is 14.3. The van der Waals surface area contributed by atoms with Crippen molar-refractivity contribution in [2.24, 2.45) is 10.9 Å². The predicted molar refractivity (Wildman–Crippen MR) is 113 cm³/mol. The molecule has 2 atom stereocenters. The van der Waals surface area contributed by atoms with Crippen molar-refractivity contribution in [3.63, 3.8) is 0 Å². The van der Waals surface area contributed by atoms with Gasteiger partial charge >= 0.3 is 0 Å². The summed E-state index contributed by atoms with van der Waals surface area (Å²) < 4.78 is 0. The first kappa shape index (κ1) is 19.8. The van der Waals surface area contributed by atoms with Gasteiger partial charge in [-0.15, -0.1) is 24.0 Å². The van der Waals surface area contributed by atoms with Crippen molar-refractivity contribution in [1.29, 1.82) is 0 Å². The molecule has 0 saturated carbocycles. The molecule has 0 amide bonds. The molecule has 4 nitrogen and oxygen atoms in total. The second kappa shape index (κ2) is 9.29. The third-order valence-electron chi connectivity index (χ3n) is 4.82. The van der Waals surface area contributed by atoms with Gasteiger partial charge in [0.05, 0.1) is 5.60 Å². The SMILES string of the molecule is CN=C(NCC1(O)CCSC1)N1CCC(Cc2ccccc2)C1.I. The first-order valence-electron chi connectivity index (χ1n) is 8.48. The summed E-state index contributed by atoms with van der Waals surface area (Å²) in [4.78, 5) is 6.75. The van der Waals surface area contributed by atoms with E-state index in [1.807, 2.05) is 18.8 Å². The highest BCUT2D eigenvalue weighted by molar-refractivity contribution is 14.0. The van der Waals surface area contributed by atoms with Crippen LogP contribution in [0.2, 0.25) is 0 Å². The van der Waals surface area contributed by atoms with Gasteiger partial charge in [0.15, 0.2) is 5.96 Å². The molecule has 6 heteroatoms. The van der Waals surface area contributed by atoms with Gasteiger partial charge in [-0.3, -0.25) is 4.99 Å². The standard InChI is InChI=1S/C18H27N3OS.HI/c1-19-17(20-13-18(22)8-10-23-14-18)21-9-7-16(12-21)11-15-5-3-2-4-6-15;/h2-6,16,22H,7-14H2,1H3,(H,19,20);1H. The highest BCUT2D eigenvalue weighted by Crippen LogP contribution is 2.27. The molecule has 0 spiro atoms. The normalized spacial score (nSPS) is 27.2. The number of hydrogen-bond acceptors (Lipinski definition) is 3. The Balaban J connectivity index is 0.00000208. The predicted octanol–water partition coefficient (Wildman–Crippen LogP) is 2.61. The van der Waals surface area contributed by atoms with E-state index in [0.717, 1.165) is 43.4 Å². The van der Waals surface area contributed by atoms with Crippen LogP contribution in [0.15, 0.2) is 35.3 Å². The summed E-state index contributed by atoms with van der Waals surface area (Å²) in [6.07, 6.45) is 3.21. The van der Waals surface area contributed by atoms with Gasteiger partial charge in [-0.1, -0.05) is 30.3 Å². The molecule has 134 valence electrons. The van der Waals surface area contributed by atoms with Gasteiger partial charge in [-0.05, 0) is 36.5 Å². The first-order valence-corrected chi connectivity index (χ1v) is 9.64. The van der Waals surface area contributed by atoms with E-state index < -0.39 is 5.60 Å². The zero-order valence-corrected chi connectivity index (χ0v) is 17.4. The Morgan fingerprint density at radius 2 is 2.21 bits per heavy atom. The number of guanidine groups is 1. The van der Waals surface area contributed by atoms with Crippen LogP contribution in [0.4, 0.5) is 0 Å². The lowest BCUT2D eigenvalue weighted by Gasteiger charge is -2.27. The molecule has 2 saturated heterocycles. The number of rotatable bonds is 4. The van der Waals surface area contributed by atoms with Gasteiger partial charge in [-0.25, -0.2) is 0 Å². The third kappa shape index (κ3) is 5.26. The summed E-state index contributed by atoms with van der Waals surface area (Å²) in [7, 11) is 1.83. The number of aliphatic hydroxyl groups is 1. The van der Waals surface area contributed by atoms with Crippen LogP contribution < -0.4 is 5.32 Å². The molecule has 0 radical (unpaired) electrons. The molecule has 24 heavy (non-hydrogen) atoms. The van der Waals surface area contributed by atoms with Crippen molar-refractivity contribution >= 4 is 41.7 Å². The smallest absolute Gasteiger partial charge is 0.193 e. The lowest BCUT2D eigenvalue weighted by atomic mass is 9.99. The molecular formula is C18H28IN3OS. The topological polar surface area (TPSA) is 47.9 Å². The van der Waals surface area contributed by atoms with E-state index in [4.69, 9.17) is 0 Å². The fourth-order valence-corrected chi connectivity index (χ4v) is 4.75. The minimum Gasteiger partial charge on any atom is -0.387 e. The Bertz CT molecular complexity index is 534. The lowest BCUT2D eigenvalue weighted by molar-refractivity contribution is 0.0718.